The van der Waals surface area contributed by atoms with E-state index in [1.165, 1.54) is 7.11 Å². The van der Waals surface area contributed by atoms with Crippen LogP contribution in [0.25, 0.3) is 21.8 Å². The van der Waals surface area contributed by atoms with Crippen LogP contribution in [0, 0.1) is 0 Å². The summed E-state index contributed by atoms with van der Waals surface area (Å²) >= 11 is 0. The number of hydrogen-bond donors (Lipinski definition) is 3. The highest BCUT2D eigenvalue weighted by Gasteiger charge is 2.20. The van der Waals surface area contributed by atoms with Crippen molar-refractivity contribution in [3.05, 3.63) is 46.8 Å². The van der Waals surface area contributed by atoms with Crippen molar-refractivity contribution >= 4 is 33.6 Å². The van der Waals surface area contributed by atoms with Crippen molar-refractivity contribution in [2.24, 2.45) is 0 Å². The molecule has 0 aliphatic carbocycles. The van der Waals surface area contributed by atoms with Crippen molar-refractivity contribution in [3.63, 3.8) is 0 Å². The minimum Gasteiger partial charge on any atom is -0.493 e. The fourth-order valence-electron chi connectivity index (χ4n) is 4.26. The number of aromatic amines is 2. The van der Waals surface area contributed by atoms with Crippen LogP contribution in [-0.2, 0) is 0 Å². The topological polar surface area (TPSA) is 111 Å². The Balaban J connectivity index is 1.19. The van der Waals surface area contributed by atoms with Gasteiger partial charge in [0.1, 0.15) is 0 Å². The number of nitrogens with zero attached hydrogens (tertiary/aromatic N) is 4. The molecule has 0 amide bonds. The molecule has 0 radical (unpaired) electrons. The Bertz CT molecular complexity index is 1320. The van der Waals surface area contributed by atoms with Crippen LogP contribution in [0.2, 0.25) is 0 Å². The number of benzene rings is 2. The van der Waals surface area contributed by atoms with Gasteiger partial charge in [-0.3, -0.25) is 19.8 Å². The van der Waals surface area contributed by atoms with Crippen LogP contribution in [0.1, 0.15) is 0 Å². The molecule has 1 aliphatic rings. The lowest BCUT2D eigenvalue weighted by Crippen LogP contribution is -2.47. The van der Waals surface area contributed by atoms with E-state index in [1.54, 1.807) is 19.2 Å². The quantitative estimate of drug-likeness (QED) is 0.393. The van der Waals surface area contributed by atoms with Crippen LogP contribution in [0.15, 0.2) is 41.2 Å². The minimum atomic E-state index is -0.219. The van der Waals surface area contributed by atoms with Gasteiger partial charge in [-0.25, -0.2) is 4.98 Å². The van der Waals surface area contributed by atoms with Crippen LogP contribution in [0.4, 0.5) is 11.8 Å². The van der Waals surface area contributed by atoms with E-state index in [0.29, 0.717) is 34.9 Å². The van der Waals surface area contributed by atoms with Crippen molar-refractivity contribution in [3.8, 4) is 11.5 Å². The average Bonchev–Trinajstić information content (AvgIpc) is 3.28. The number of rotatable bonds is 7. The predicted molar refractivity (Wildman–Crippen MR) is 129 cm³/mol. The number of fused-ring (bicyclic) bond motifs is 2. The molecule has 0 unspecified atom stereocenters. The highest BCUT2D eigenvalue weighted by atomic mass is 16.5. The molecule has 4 aromatic rings. The van der Waals surface area contributed by atoms with Crippen LogP contribution in [0.5, 0.6) is 11.5 Å². The van der Waals surface area contributed by atoms with Crippen molar-refractivity contribution < 1.29 is 9.47 Å². The Kier molecular flexibility index (Phi) is 5.74. The van der Waals surface area contributed by atoms with E-state index in [0.717, 1.165) is 49.4 Å². The first kappa shape index (κ1) is 21.1. The summed E-state index contributed by atoms with van der Waals surface area (Å²) in [5.41, 5.74) is 1.40. The summed E-state index contributed by atoms with van der Waals surface area (Å²) in [6, 6.07) is 11.6. The van der Waals surface area contributed by atoms with Crippen molar-refractivity contribution in [2.75, 3.05) is 63.7 Å². The van der Waals surface area contributed by atoms with Gasteiger partial charge in [0.25, 0.3) is 5.56 Å². The third-order valence-electron chi connectivity index (χ3n) is 6.05. The Hall–Kier alpha value is -3.79. The Morgan fingerprint density at radius 3 is 2.58 bits per heavy atom. The third-order valence-corrected chi connectivity index (χ3v) is 6.05. The van der Waals surface area contributed by atoms with Crippen molar-refractivity contribution in [1.82, 2.24) is 25.1 Å². The van der Waals surface area contributed by atoms with E-state index in [9.17, 15) is 4.79 Å². The van der Waals surface area contributed by atoms with Crippen LogP contribution in [0.3, 0.4) is 0 Å². The van der Waals surface area contributed by atoms with E-state index < -0.39 is 0 Å². The molecule has 0 atom stereocenters. The smallest absolute Gasteiger partial charge is 0.260 e. The molecule has 0 bridgehead atoms. The zero-order chi connectivity index (χ0) is 22.8. The Morgan fingerprint density at radius 2 is 1.79 bits per heavy atom. The first-order valence-corrected chi connectivity index (χ1v) is 11.0. The SMILES string of the molecule is COc1cc2nc(NCCN3CCN(c4n[nH]c5ccccc45)CC3)[nH]c(=O)c2cc1OC. The summed E-state index contributed by atoms with van der Waals surface area (Å²) in [5.74, 6) is 2.51. The molecule has 2 aromatic heterocycles. The second-order valence-electron chi connectivity index (χ2n) is 7.99. The molecule has 1 fully saturated rings. The average molecular weight is 450 g/mol. The maximum atomic E-state index is 12.5. The van der Waals surface area contributed by atoms with Gasteiger partial charge in [-0.1, -0.05) is 12.1 Å². The van der Waals surface area contributed by atoms with Gasteiger partial charge in [0.15, 0.2) is 17.3 Å². The van der Waals surface area contributed by atoms with E-state index in [1.807, 2.05) is 18.2 Å². The molecule has 5 rings (SSSR count). The number of hydrogen-bond acceptors (Lipinski definition) is 8. The molecule has 1 aliphatic heterocycles. The fraction of sp³-hybridized carbons (Fsp3) is 0.348. The Morgan fingerprint density at radius 1 is 1.03 bits per heavy atom. The summed E-state index contributed by atoms with van der Waals surface area (Å²) in [5, 5.41) is 12.5. The number of ether oxygens (including phenoxy) is 2. The van der Waals surface area contributed by atoms with Crippen LogP contribution >= 0.6 is 0 Å². The van der Waals surface area contributed by atoms with Gasteiger partial charge in [-0.05, 0) is 18.2 Å². The normalized spacial score (nSPS) is 14.7. The zero-order valence-corrected chi connectivity index (χ0v) is 18.7. The number of methoxy groups -OCH3 is 2. The standard InChI is InChI=1S/C23H27N7O3/c1-32-19-13-16-18(14-20(19)33-2)25-23(26-22(16)31)24-7-8-29-9-11-30(12-10-29)21-15-5-3-4-6-17(15)27-28-21/h3-6,13-14H,7-12H2,1-2H3,(H,27,28)(H2,24,25,26,31). The van der Waals surface area contributed by atoms with E-state index in [2.05, 4.69) is 41.3 Å². The summed E-state index contributed by atoms with van der Waals surface area (Å²) in [6.45, 7) is 5.25. The predicted octanol–water partition coefficient (Wildman–Crippen LogP) is 2.05. The Labute approximate surface area is 190 Å². The fourth-order valence-corrected chi connectivity index (χ4v) is 4.26. The summed E-state index contributed by atoms with van der Waals surface area (Å²) < 4.78 is 10.6. The summed E-state index contributed by atoms with van der Waals surface area (Å²) in [6.07, 6.45) is 0. The van der Waals surface area contributed by atoms with Gasteiger partial charge in [0.05, 0.1) is 30.6 Å². The molecule has 3 heterocycles. The molecule has 10 nitrogen and oxygen atoms in total. The van der Waals surface area contributed by atoms with E-state index in [4.69, 9.17) is 9.47 Å². The van der Waals surface area contributed by atoms with E-state index >= 15 is 0 Å². The molecule has 0 saturated carbocycles. The van der Waals surface area contributed by atoms with Crippen LogP contribution < -0.4 is 25.2 Å². The highest BCUT2D eigenvalue weighted by molar-refractivity contribution is 5.90. The molecule has 0 spiro atoms. The van der Waals surface area contributed by atoms with Crippen molar-refractivity contribution in [1.29, 1.82) is 0 Å². The van der Waals surface area contributed by atoms with Crippen LogP contribution in [-0.4, -0.2) is 78.6 Å². The van der Waals surface area contributed by atoms with Gasteiger partial charge < -0.3 is 19.7 Å². The van der Waals surface area contributed by atoms with Gasteiger partial charge in [0.2, 0.25) is 5.95 Å². The van der Waals surface area contributed by atoms with Gasteiger partial charge in [0, 0.05) is 50.7 Å². The molecule has 33 heavy (non-hydrogen) atoms. The second kappa shape index (κ2) is 8.99. The minimum absolute atomic E-state index is 0.219. The number of piperazine rings is 1. The first-order valence-electron chi connectivity index (χ1n) is 11.0. The summed E-state index contributed by atoms with van der Waals surface area (Å²) in [4.78, 5) is 24.6. The first-order chi connectivity index (χ1) is 16.2. The molecule has 172 valence electrons. The molecular formula is C23H27N7O3. The molecule has 2 aromatic carbocycles. The maximum absolute atomic E-state index is 12.5. The van der Waals surface area contributed by atoms with Crippen molar-refractivity contribution in [2.45, 2.75) is 0 Å². The number of H-pyrrole nitrogens is 2. The number of nitrogens with one attached hydrogen (secondary N) is 3. The number of aromatic nitrogens is 4. The lowest BCUT2D eigenvalue weighted by molar-refractivity contribution is 0.267. The number of para-hydroxylation sites is 1. The molecular weight excluding hydrogens is 422 g/mol. The van der Waals surface area contributed by atoms with Gasteiger partial charge in [-0.2, -0.15) is 5.10 Å². The molecule has 1 saturated heterocycles. The van der Waals surface area contributed by atoms with Gasteiger partial charge >= 0.3 is 0 Å². The largest absolute Gasteiger partial charge is 0.493 e. The lowest BCUT2D eigenvalue weighted by atomic mass is 10.2. The van der Waals surface area contributed by atoms with E-state index in [-0.39, 0.29) is 5.56 Å². The lowest BCUT2D eigenvalue weighted by Gasteiger charge is -2.35. The molecule has 3 N–H and O–H groups in total. The second-order valence-corrected chi connectivity index (χ2v) is 7.99. The number of anilines is 2. The van der Waals surface area contributed by atoms with Gasteiger partial charge in [-0.15, -0.1) is 0 Å². The monoisotopic (exact) mass is 449 g/mol. The zero-order valence-electron chi connectivity index (χ0n) is 18.7. The molecule has 10 heteroatoms. The highest BCUT2D eigenvalue weighted by Crippen LogP contribution is 2.30. The summed E-state index contributed by atoms with van der Waals surface area (Å²) in [7, 11) is 3.10. The third kappa shape index (κ3) is 4.17. The maximum Gasteiger partial charge on any atom is 0.260 e.